The van der Waals surface area contributed by atoms with Crippen LogP contribution >= 0.6 is 0 Å². The third-order valence-electron chi connectivity index (χ3n) is 13.4. The van der Waals surface area contributed by atoms with E-state index in [0.717, 1.165) is 86.2 Å². The molecule has 0 fully saturated rings. The van der Waals surface area contributed by atoms with Gasteiger partial charge in [0.25, 0.3) is 0 Å². The van der Waals surface area contributed by atoms with Gasteiger partial charge in [0.2, 0.25) is 0 Å². The van der Waals surface area contributed by atoms with E-state index < -0.39 is 0 Å². The Balaban J connectivity index is 1.74. The Morgan fingerprint density at radius 1 is 0.286 bits per heavy atom. The van der Waals surface area contributed by atoms with E-state index >= 15 is 0 Å². The van der Waals surface area contributed by atoms with Gasteiger partial charge in [0, 0.05) is 11.1 Å². The lowest BCUT2D eigenvalue weighted by Crippen LogP contribution is -2.04. The molecule has 6 heteroatoms. The summed E-state index contributed by atoms with van der Waals surface area (Å²) in [4.78, 5) is 24.7. The summed E-state index contributed by atoms with van der Waals surface area (Å²) in [5, 5.41) is 0. The highest BCUT2D eigenvalue weighted by Gasteiger charge is 2.13. The summed E-state index contributed by atoms with van der Waals surface area (Å²) in [7, 11) is 0. The summed E-state index contributed by atoms with van der Waals surface area (Å²) >= 11 is 0. The minimum Gasteiger partial charge on any atom is -0.493 e. The molecule has 6 nitrogen and oxygen atoms in total. The maximum atomic E-state index is 12.3. The molecule has 0 amide bonds. The molecule has 0 heterocycles. The third kappa shape index (κ3) is 27.3. The summed E-state index contributed by atoms with van der Waals surface area (Å²) < 4.78 is 25.3. The second kappa shape index (κ2) is 41.3. The Bertz CT molecular complexity index is 1690. The Morgan fingerprint density at radius 2 is 0.500 bits per heavy atom. The van der Waals surface area contributed by atoms with Crippen LogP contribution in [0, 0.1) is 0 Å². The zero-order chi connectivity index (χ0) is 50.0. The minimum atomic E-state index is 0.531. The SMILES string of the molecule is CCCCCCCCCCOc1cc(/C=C/c2ccc(/C=C/c3cc(OCCCCCCCCCC)c(C=O)cc3OCCCCCCCCCC)cc2)c(OCCCCCCCCCC)cc1C=O. The standard InChI is InChI=1S/C64H98O6/c1-5-9-13-17-21-25-29-33-45-67-61-51-59(53-65)63(69-47-35-31-27-23-19-15-11-7-3)49-57(61)43-41-55-37-39-56(40-38-55)42-44-58-50-64(70-48-36-32-28-24-20-16-12-8-4)60(54-66)52-62(58)68-46-34-30-26-22-18-14-10-6-2/h37-44,49-54H,5-36,45-48H2,1-4H3/b43-41+,44-42+. The average molecular weight is 963 g/mol. The highest BCUT2D eigenvalue weighted by atomic mass is 16.5. The van der Waals surface area contributed by atoms with Crippen LogP contribution in [0.4, 0.5) is 0 Å². The molecule has 0 aromatic heterocycles. The first-order valence-electron chi connectivity index (χ1n) is 28.8. The van der Waals surface area contributed by atoms with Crippen molar-refractivity contribution in [3.63, 3.8) is 0 Å². The fraction of sp³-hybridized carbons (Fsp3) is 0.625. The highest BCUT2D eigenvalue weighted by molar-refractivity contribution is 5.85. The van der Waals surface area contributed by atoms with Gasteiger partial charge in [-0.15, -0.1) is 0 Å². The molecular formula is C64H98O6. The molecule has 0 aliphatic heterocycles. The van der Waals surface area contributed by atoms with Crippen LogP contribution in [-0.4, -0.2) is 39.0 Å². The van der Waals surface area contributed by atoms with Crippen LogP contribution in [0.3, 0.4) is 0 Å². The Hall–Kier alpha value is -4.32. The van der Waals surface area contributed by atoms with Crippen molar-refractivity contribution in [1.82, 2.24) is 0 Å². The van der Waals surface area contributed by atoms with Crippen molar-refractivity contribution in [3.8, 4) is 23.0 Å². The van der Waals surface area contributed by atoms with Gasteiger partial charge in [-0.25, -0.2) is 0 Å². The van der Waals surface area contributed by atoms with Gasteiger partial charge in [-0.1, -0.05) is 256 Å². The van der Waals surface area contributed by atoms with Crippen LogP contribution in [-0.2, 0) is 0 Å². The largest absolute Gasteiger partial charge is 0.493 e. The normalized spacial score (nSPS) is 11.5. The van der Waals surface area contributed by atoms with E-state index in [2.05, 4.69) is 76.3 Å². The zero-order valence-corrected chi connectivity index (χ0v) is 45.0. The van der Waals surface area contributed by atoms with Crippen molar-refractivity contribution in [2.75, 3.05) is 26.4 Å². The summed E-state index contributed by atoms with van der Waals surface area (Å²) in [5.74, 6) is 2.65. The molecule has 70 heavy (non-hydrogen) atoms. The lowest BCUT2D eigenvalue weighted by Gasteiger charge is -2.15. The number of rotatable bonds is 46. The molecule has 0 saturated heterocycles. The van der Waals surface area contributed by atoms with Gasteiger partial charge in [0.15, 0.2) is 12.6 Å². The van der Waals surface area contributed by atoms with E-state index in [0.29, 0.717) is 60.6 Å². The smallest absolute Gasteiger partial charge is 0.153 e. The lowest BCUT2D eigenvalue weighted by atomic mass is 10.0. The molecule has 3 aromatic carbocycles. The minimum absolute atomic E-state index is 0.531. The van der Waals surface area contributed by atoms with Crippen molar-refractivity contribution in [2.24, 2.45) is 0 Å². The molecule has 0 aliphatic rings. The van der Waals surface area contributed by atoms with Gasteiger partial charge in [-0.05, 0) is 61.1 Å². The van der Waals surface area contributed by atoms with Gasteiger partial charge in [-0.3, -0.25) is 9.59 Å². The highest BCUT2D eigenvalue weighted by Crippen LogP contribution is 2.33. The van der Waals surface area contributed by atoms with Crippen molar-refractivity contribution in [2.45, 2.75) is 233 Å². The van der Waals surface area contributed by atoms with Crippen LogP contribution in [0.1, 0.15) is 276 Å². The van der Waals surface area contributed by atoms with Crippen molar-refractivity contribution >= 4 is 36.9 Å². The van der Waals surface area contributed by atoms with E-state index in [9.17, 15) is 9.59 Å². The predicted octanol–water partition coefficient (Wildman–Crippen LogP) is 19.7. The van der Waals surface area contributed by atoms with Crippen LogP contribution < -0.4 is 18.9 Å². The number of aldehydes is 2. The summed E-state index contributed by atoms with van der Waals surface area (Å²) in [6.45, 7) is 11.4. The molecule has 0 bridgehead atoms. The van der Waals surface area contributed by atoms with Crippen molar-refractivity contribution < 1.29 is 28.5 Å². The van der Waals surface area contributed by atoms with E-state index in [1.54, 1.807) is 0 Å². The second-order valence-electron chi connectivity index (χ2n) is 19.7. The number of carbonyl (C=O) groups is 2. The van der Waals surface area contributed by atoms with E-state index in [1.807, 2.05) is 24.3 Å². The van der Waals surface area contributed by atoms with Crippen LogP contribution in [0.15, 0.2) is 48.5 Å². The second-order valence-corrected chi connectivity index (χ2v) is 19.7. The molecule has 0 atom stereocenters. The maximum Gasteiger partial charge on any atom is 0.153 e. The van der Waals surface area contributed by atoms with Crippen LogP contribution in [0.25, 0.3) is 24.3 Å². The van der Waals surface area contributed by atoms with E-state index in [1.165, 1.54) is 154 Å². The number of unbranched alkanes of at least 4 members (excludes halogenated alkanes) is 28. The Labute approximate surface area is 428 Å². The Morgan fingerprint density at radius 3 is 0.743 bits per heavy atom. The van der Waals surface area contributed by atoms with E-state index in [4.69, 9.17) is 18.9 Å². The molecule has 0 N–H and O–H groups in total. The van der Waals surface area contributed by atoms with Gasteiger partial charge in [0.1, 0.15) is 23.0 Å². The predicted molar refractivity (Wildman–Crippen MR) is 300 cm³/mol. The molecular weight excluding hydrogens is 865 g/mol. The van der Waals surface area contributed by atoms with Crippen molar-refractivity contribution in [3.05, 3.63) is 81.9 Å². The number of hydrogen-bond donors (Lipinski definition) is 0. The zero-order valence-electron chi connectivity index (χ0n) is 45.0. The summed E-state index contributed by atoms with van der Waals surface area (Å²) in [6.07, 6.45) is 49.5. The molecule has 0 aliphatic carbocycles. The first-order valence-corrected chi connectivity index (χ1v) is 28.8. The van der Waals surface area contributed by atoms with Gasteiger partial charge in [0.05, 0.1) is 37.6 Å². The molecule has 0 radical (unpaired) electrons. The van der Waals surface area contributed by atoms with Gasteiger partial charge >= 0.3 is 0 Å². The monoisotopic (exact) mass is 963 g/mol. The Kier molecular flexibility index (Phi) is 35.4. The molecule has 390 valence electrons. The molecule has 0 spiro atoms. The molecule has 3 aromatic rings. The first kappa shape index (κ1) is 60.0. The number of carbonyl (C=O) groups excluding carboxylic acids is 2. The number of hydrogen-bond acceptors (Lipinski definition) is 6. The summed E-state index contributed by atoms with van der Waals surface area (Å²) in [6, 6.07) is 16.1. The fourth-order valence-electron chi connectivity index (χ4n) is 8.89. The first-order chi connectivity index (χ1) is 34.6. The topological polar surface area (TPSA) is 71.1 Å². The van der Waals surface area contributed by atoms with Crippen molar-refractivity contribution in [1.29, 1.82) is 0 Å². The summed E-state index contributed by atoms with van der Waals surface area (Å²) in [5.41, 5.74) is 4.96. The maximum absolute atomic E-state index is 12.3. The molecule has 0 saturated carbocycles. The fourth-order valence-corrected chi connectivity index (χ4v) is 8.89. The van der Waals surface area contributed by atoms with E-state index in [-0.39, 0.29) is 0 Å². The molecule has 3 rings (SSSR count). The third-order valence-corrected chi connectivity index (χ3v) is 13.4. The lowest BCUT2D eigenvalue weighted by molar-refractivity contribution is 0.111. The number of benzene rings is 3. The molecule has 0 unspecified atom stereocenters. The van der Waals surface area contributed by atoms with Crippen LogP contribution in [0.2, 0.25) is 0 Å². The van der Waals surface area contributed by atoms with Gasteiger partial charge in [-0.2, -0.15) is 0 Å². The quantitative estimate of drug-likeness (QED) is 0.0319. The number of ether oxygens (including phenoxy) is 4. The van der Waals surface area contributed by atoms with Gasteiger partial charge < -0.3 is 18.9 Å². The van der Waals surface area contributed by atoms with Crippen LogP contribution in [0.5, 0.6) is 23.0 Å². The average Bonchev–Trinajstić information content (AvgIpc) is 3.38.